The van der Waals surface area contributed by atoms with Crippen molar-refractivity contribution in [2.45, 2.75) is 12.5 Å². The molecule has 0 aliphatic carbocycles. The Hall–Kier alpha value is -1.24. The van der Waals surface area contributed by atoms with Gasteiger partial charge in [0.2, 0.25) is 0 Å². The van der Waals surface area contributed by atoms with Crippen molar-refractivity contribution in [1.82, 2.24) is 9.78 Å². The van der Waals surface area contributed by atoms with Crippen molar-refractivity contribution in [3.05, 3.63) is 46.0 Å². The summed E-state index contributed by atoms with van der Waals surface area (Å²) in [4.78, 5) is 0. The fourth-order valence-corrected chi connectivity index (χ4v) is 2.35. The van der Waals surface area contributed by atoms with Crippen molar-refractivity contribution in [2.24, 2.45) is 0 Å². The van der Waals surface area contributed by atoms with Crippen LogP contribution < -0.4 is 0 Å². The second kappa shape index (κ2) is 6.03. The molecule has 0 N–H and O–H groups in total. The number of nitrogens with zero attached hydrogens (tertiary/aromatic N) is 2. The fourth-order valence-electron chi connectivity index (χ4n) is 1.69. The summed E-state index contributed by atoms with van der Waals surface area (Å²) in [6.07, 6.45) is 0. The lowest BCUT2D eigenvalue weighted by molar-refractivity contribution is 0.180. The number of hydrogen-bond acceptors (Lipinski definition) is 2. The van der Waals surface area contributed by atoms with E-state index in [-0.39, 0.29) is 23.3 Å². The van der Waals surface area contributed by atoms with Crippen LogP contribution in [0.5, 0.6) is 0 Å². The van der Waals surface area contributed by atoms with Gasteiger partial charge in [-0.25, -0.2) is 17.9 Å². The molecule has 0 spiro atoms. The first kappa shape index (κ1) is 15.2. The summed E-state index contributed by atoms with van der Waals surface area (Å²) in [5, 5.41) is 4.17. The number of aromatic nitrogens is 2. The van der Waals surface area contributed by atoms with Gasteiger partial charge in [-0.15, -0.1) is 11.6 Å². The number of benzene rings is 1. The average Bonchev–Trinajstić information content (AvgIpc) is 2.72. The van der Waals surface area contributed by atoms with E-state index < -0.39 is 17.5 Å². The van der Waals surface area contributed by atoms with Gasteiger partial charge in [-0.2, -0.15) is 5.10 Å². The number of rotatable bonds is 4. The third kappa shape index (κ3) is 2.63. The zero-order valence-electron chi connectivity index (χ0n) is 10.3. The molecule has 2 rings (SSSR count). The van der Waals surface area contributed by atoms with Gasteiger partial charge in [-0.1, -0.05) is 11.6 Å². The predicted octanol–water partition coefficient (Wildman–Crippen LogP) is 3.83. The molecule has 1 heterocycles. The van der Waals surface area contributed by atoms with Crippen LogP contribution in [0.25, 0.3) is 5.69 Å². The van der Waals surface area contributed by atoms with Gasteiger partial charge in [-0.05, 0) is 0 Å². The fraction of sp³-hybridized carbons (Fsp3) is 0.250. The molecule has 0 saturated heterocycles. The second-order valence-electron chi connectivity index (χ2n) is 3.92. The first-order chi connectivity index (χ1) is 9.49. The SMILES string of the molecule is COCc1nn(-c2cc(F)c(F)c(F)c2)c(Cl)c1CCl. The lowest BCUT2D eigenvalue weighted by Crippen LogP contribution is -2.02. The van der Waals surface area contributed by atoms with Crippen LogP contribution in [0.15, 0.2) is 12.1 Å². The lowest BCUT2D eigenvalue weighted by Gasteiger charge is -2.05. The highest BCUT2D eigenvalue weighted by Gasteiger charge is 2.19. The van der Waals surface area contributed by atoms with Gasteiger partial charge < -0.3 is 4.74 Å². The zero-order valence-corrected chi connectivity index (χ0v) is 11.8. The van der Waals surface area contributed by atoms with Crippen molar-refractivity contribution >= 4 is 23.2 Å². The monoisotopic (exact) mass is 324 g/mol. The van der Waals surface area contributed by atoms with Gasteiger partial charge in [0.1, 0.15) is 5.15 Å². The Morgan fingerprint density at radius 2 is 1.85 bits per heavy atom. The van der Waals surface area contributed by atoms with Crippen molar-refractivity contribution in [3.8, 4) is 5.69 Å². The summed E-state index contributed by atoms with van der Waals surface area (Å²) in [5.74, 6) is -4.14. The van der Waals surface area contributed by atoms with Gasteiger partial charge in [0.25, 0.3) is 0 Å². The highest BCUT2D eigenvalue weighted by molar-refractivity contribution is 6.31. The Balaban J connectivity index is 2.58. The third-order valence-corrected chi connectivity index (χ3v) is 3.29. The van der Waals surface area contributed by atoms with E-state index in [0.717, 1.165) is 16.8 Å². The molecule has 108 valence electrons. The molecule has 0 aliphatic rings. The Kier molecular flexibility index (Phi) is 4.57. The minimum absolute atomic E-state index is 0.0416. The number of ether oxygens (including phenoxy) is 1. The Morgan fingerprint density at radius 3 is 2.35 bits per heavy atom. The van der Waals surface area contributed by atoms with Crippen LogP contribution in [-0.4, -0.2) is 16.9 Å². The van der Waals surface area contributed by atoms with E-state index in [2.05, 4.69) is 5.10 Å². The highest BCUT2D eigenvalue weighted by Crippen LogP contribution is 2.27. The van der Waals surface area contributed by atoms with Crippen LogP contribution in [0.4, 0.5) is 13.2 Å². The maximum atomic E-state index is 13.2. The first-order valence-electron chi connectivity index (χ1n) is 5.45. The van der Waals surface area contributed by atoms with E-state index in [4.69, 9.17) is 27.9 Å². The Bertz CT molecular complexity index is 623. The third-order valence-electron chi connectivity index (χ3n) is 2.63. The summed E-state index contributed by atoms with van der Waals surface area (Å²) < 4.78 is 45.5. The summed E-state index contributed by atoms with van der Waals surface area (Å²) in [5.41, 5.74) is 0.887. The minimum atomic E-state index is -1.55. The molecular formula is C12H9Cl2F3N2O. The molecule has 0 saturated carbocycles. The number of halogens is 5. The van der Waals surface area contributed by atoms with Crippen LogP contribution in [0.2, 0.25) is 5.15 Å². The van der Waals surface area contributed by atoms with E-state index >= 15 is 0 Å². The standard InChI is InChI=1S/C12H9Cl2F3N2O/c1-20-5-10-7(4-13)12(14)19(18-10)6-2-8(15)11(17)9(16)3-6/h2-3H,4-5H2,1H3. The molecule has 3 nitrogen and oxygen atoms in total. The molecule has 2 aromatic rings. The molecule has 8 heteroatoms. The molecule has 0 atom stereocenters. The molecule has 1 aromatic heterocycles. The van der Waals surface area contributed by atoms with Crippen LogP contribution >= 0.6 is 23.2 Å². The highest BCUT2D eigenvalue weighted by atomic mass is 35.5. The van der Waals surface area contributed by atoms with Gasteiger partial charge in [0.05, 0.1) is 23.9 Å². The normalized spacial score (nSPS) is 11.1. The van der Waals surface area contributed by atoms with Crippen molar-refractivity contribution < 1.29 is 17.9 Å². The molecule has 0 amide bonds. The summed E-state index contributed by atoms with van der Waals surface area (Å²) in [6.45, 7) is 0.140. The van der Waals surface area contributed by atoms with Crippen molar-refractivity contribution in [2.75, 3.05) is 7.11 Å². The molecule has 0 radical (unpaired) electrons. The summed E-state index contributed by atoms with van der Waals surface area (Å²) in [7, 11) is 1.46. The van der Waals surface area contributed by atoms with Gasteiger partial charge in [0, 0.05) is 24.8 Å². The maximum Gasteiger partial charge on any atom is 0.194 e. The molecule has 1 aromatic carbocycles. The van der Waals surface area contributed by atoms with Crippen LogP contribution in [0, 0.1) is 17.5 Å². The molecule has 0 unspecified atom stereocenters. The van der Waals surface area contributed by atoms with E-state index in [0.29, 0.717) is 11.3 Å². The van der Waals surface area contributed by atoms with Crippen molar-refractivity contribution in [1.29, 1.82) is 0 Å². The summed E-state index contributed by atoms with van der Waals surface area (Å²) >= 11 is 11.8. The van der Waals surface area contributed by atoms with Crippen molar-refractivity contribution in [3.63, 3.8) is 0 Å². The van der Waals surface area contributed by atoms with Crippen LogP contribution in [0.1, 0.15) is 11.3 Å². The maximum absolute atomic E-state index is 13.2. The van der Waals surface area contributed by atoms with Crippen LogP contribution in [0.3, 0.4) is 0 Å². The Morgan fingerprint density at radius 1 is 1.25 bits per heavy atom. The number of methoxy groups -OCH3 is 1. The van der Waals surface area contributed by atoms with E-state index in [1.807, 2.05) is 0 Å². The summed E-state index contributed by atoms with van der Waals surface area (Å²) in [6, 6.07) is 1.60. The Labute approximate surface area is 122 Å². The van der Waals surface area contributed by atoms with E-state index in [1.165, 1.54) is 7.11 Å². The zero-order chi connectivity index (χ0) is 14.9. The average molecular weight is 325 g/mol. The molecule has 0 fully saturated rings. The van der Waals surface area contributed by atoms with Crippen LogP contribution in [-0.2, 0) is 17.2 Å². The largest absolute Gasteiger partial charge is 0.378 e. The topological polar surface area (TPSA) is 27.1 Å². The van der Waals surface area contributed by atoms with Gasteiger partial charge >= 0.3 is 0 Å². The smallest absolute Gasteiger partial charge is 0.194 e. The number of hydrogen-bond donors (Lipinski definition) is 0. The minimum Gasteiger partial charge on any atom is -0.378 e. The van der Waals surface area contributed by atoms with E-state index in [1.54, 1.807) is 0 Å². The number of alkyl halides is 1. The quantitative estimate of drug-likeness (QED) is 0.631. The molecule has 0 aliphatic heterocycles. The predicted molar refractivity (Wildman–Crippen MR) is 68.7 cm³/mol. The van der Waals surface area contributed by atoms with Gasteiger partial charge in [-0.3, -0.25) is 0 Å². The molecular weight excluding hydrogens is 316 g/mol. The van der Waals surface area contributed by atoms with Gasteiger partial charge in [0.15, 0.2) is 17.5 Å². The molecule has 20 heavy (non-hydrogen) atoms. The molecule has 0 bridgehead atoms. The first-order valence-corrected chi connectivity index (χ1v) is 6.37. The second-order valence-corrected chi connectivity index (χ2v) is 4.54. The lowest BCUT2D eigenvalue weighted by atomic mass is 10.2. The van der Waals surface area contributed by atoms with E-state index in [9.17, 15) is 13.2 Å².